The second-order valence-corrected chi connectivity index (χ2v) is 3.14. The highest BCUT2D eigenvalue weighted by Crippen LogP contribution is 2.34. The van der Waals surface area contributed by atoms with Crippen LogP contribution in [0, 0.1) is 0 Å². The molecule has 0 bridgehead atoms. The van der Waals surface area contributed by atoms with Crippen LogP contribution in [-0.2, 0) is 6.61 Å². The van der Waals surface area contributed by atoms with Crippen LogP contribution in [0.1, 0.15) is 30.5 Å². The van der Waals surface area contributed by atoms with Crippen molar-refractivity contribution in [2.75, 3.05) is 0 Å². The molecule has 2 rings (SSSR count). The average Bonchev–Trinajstić information content (AvgIpc) is 2.46. The minimum Gasteiger partial charge on any atom is -0.388 e. The van der Waals surface area contributed by atoms with E-state index >= 15 is 0 Å². The summed E-state index contributed by atoms with van der Waals surface area (Å²) >= 11 is 0. The van der Waals surface area contributed by atoms with Gasteiger partial charge < -0.3 is 15.4 Å². The Hall–Kier alpha value is -0.940. The lowest BCUT2D eigenvalue weighted by atomic mass is 9.81. The van der Waals surface area contributed by atoms with E-state index in [4.69, 9.17) is 15.4 Å². The van der Waals surface area contributed by atoms with Crippen molar-refractivity contribution >= 4 is 0 Å². The van der Waals surface area contributed by atoms with Crippen molar-refractivity contribution in [2.24, 2.45) is 5.73 Å². The van der Waals surface area contributed by atoms with E-state index in [2.05, 4.69) is 10.1 Å². The van der Waals surface area contributed by atoms with Crippen LogP contribution in [0.4, 0.5) is 0 Å². The topological polar surface area (TPSA) is 85.2 Å². The molecule has 0 unspecified atom stereocenters. The third-order valence-electron chi connectivity index (χ3n) is 2.15. The van der Waals surface area contributed by atoms with Crippen molar-refractivity contribution in [3.8, 4) is 0 Å². The second kappa shape index (κ2) is 2.84. The quantitative estimate of drug-likeness (QED) is 0.638. The number of aliphatic hydroxyl groups excluding tert-OH is 1. The van der Waals surface area contributed by atoms with E-state index in [0.717, 1.165) is 12.8 Å². The normalized spacial score (nSPS) is 28.5. The largest absolute Gasteiger partial charge is 0.388 e. The highest BCUT2D eigenvalue weighted by molar-refractivity contribution is 5.02. The van der Waals surface area contributed by atoms with Crippen LogP contribution in [0.5, 0.6) is 0 Å². The zero-order chi connectivity index (χ0) is 8.55. The number of hydrogen-bond donors (Lipinski definition) is 2. The van der Waals surface area contributed by atoms with Gasteiger partial charge in [-0.1, -0.05) is 5.16 Å². The van der Waals surface area contributed by atoms with E-state index in [0.29, 0.717) is 17.6 Å². The molecule has 0 radical (unpaired) electrons. The standard InChI is InChI=1S/C7H11N3O2/c8-5-1-4(2-5)7-9-6(3-11)10-12-7/h4-5,11H,1-3,8H2/t4-,5-. The molecule has 0 spiro atoms. The molecular weight excluding hydrogens is 158 g/mol. The maximum absolute atomic E-state index is 8.67. The van der Waals surface area contributed by atoms with Crippen LogP contribution < -0.4 is 5.73 Å². The van der Waals surface area contributed by atoms with Crippen molar-refractivity contribution < 1.29 is 9.63 Å². The van der Waals surface area contributed by atoms with Crippen molar-refractivity contribution in [1.82, 2.24) is 10.1 Å². The highest BCUT2D eigenvalue weighted by atomic mass is 16.5. The molecular formula is C7H11N3O2. The SMILES string of the molecule is N[C@H]1C[C@H](c2nc(CO)no2)C1. The summed E-state index contributed by atoms with van der Waals surface area (Å²) in [6.07, 6.45) is 1.82. The molecule has 66 valence electrons. The zero-order valence-corrected chi connectivity index (χ0v) is 6.60. The van der Waals surface area contributed by atoms with Gasteiger partial charge in [0.05, 0.1) is 0 Å². The Kier molecular flexibility index (Phi) is 1.82. The number of rotatable bonds is 2. The lowest BCUT2D eigenvalue weighted by Crippen LogP contribution is -2.34. The molecule has 0 aromatic carbocycles. The number of aliphatic hydroxyl groups is 1. The van der Waals surface area contributed by atoms with Gasteiger partial charge >= 0.3 is 0 Å². The van der Waals surface area contributed by atoms with Gasteiger partial charge in [0.2, 0.25) is 5.89 Å². The highest BCUT2D eigenvalue weighted by Gasteiger charge is 2.31. The number of nitrogens with two attached hydrogens (primary N) is 1. The van der Waals surface area contributed by atoms with E-state index in [9.17, 15) is 0 Å². The molecule has 1 aliphatic rings. The van der Waals surface area contributed by atoms with Crippen LogP contribution in [0.15, 0.2) is 4.52 Å². The van der Waals surface area contributed by atoms with Crippen LogP contribution in [-0.4, -0.2) is 21.3 Å². The predicted molar refractivity (Wildman–Crippen MR) is 40.2 cm³/mol. The summed E-state index contributed by atoms with van der Waals surface area (Å²) in [5.74, 6) is 1.28. The minimum absolute atomic E-state index is 0.164. The zero-order valence-electron chi connectivity index (χ0n) is 6.60. The Morgan fingerprint density at radius 1 is 1.58 bits per heavy atom. The van der Waals surface area contributed by atoms with Crippen LogP contribution >= 0.6 is 0 Å². The first kappa shape index (κ1) is 7.70. The fourth-order valence-corrected chi connectivity index (χ4v) is 1.36. The Morgan fingerprint density at radius 3 is 2.83 bits per heavy atom. The number of hydrogen-bond acceptors (Lipinski definition) is 5. The molecule has 0 saturated heterocycles. The third kappa shape index (κ3) is 1.21. The second-order valence-electron chi connectivity index (χ2n) is 3.14. The van der Waals surface area contributed by atoms with Crippen LogP contribution in [0.3, 0.4) is 0 Å². The van der Waals surface area contributed by atoms with E-state index in [1.807, 2.05) is 0 Å². The van der Waals surface area contributed by atoms with E-state index in [1.54, 1.807) is 0 Å². The lowest BCUT2D eigenvalue weighted by Gasteiger charge is -2.28. The fraction of sp³-hybridized carbons (Fsp3) is 0.714. The molecule has 1 aromatic rings. The molecule has 1 fully saturated rings. The van der Waals surface area contributed by atoms with Gasteiger partial charge in [0.25, 0.3) is 0 Å². The Balaban J connectivity index is 2.04. The van der Waals surface area contributed by atoms with Gasteiger partial charge in [-0.15, -0.1) is 0 Å². The molecule has 0 amide bonds. The Bertz CT molecular complexity index is 267. The monoisotopic (exact) mass is 169 g/mol. The maximum Gasteiger partial charge on any atom is 0.229 e. The Morgan fingerprint density at radius 2 is 2.33 bits per heavy atom. The van der Waals surface area contributed by atoms with Gasteiger partial charge in [0, 0.05) is 12.0 Å². The predicted octanol–water partition coefficient (Wildman–Crippen LogP) is -0.233. The van der Waals surface area contributed by atoms with Gasteiger partial charge in [-0.25, -0.2) is 0 Å². The summed E-state index contributed by atoms with van der Waals surface area (Å²) < 4.78 is 4.93. The smallest absolute Gasteiger partial charge is 0.229 e. The summed E-state index contributed by atoms with van der Waals surface area (Å²) in [7, 11) is 0. The molecule has 1 aromatic heterocycles. The van der Waals surface area contributed by atoms with Crippen molar-refractivity contribution in [2.45, 2.75) is 31.4 Å². The molecule has 5 heteroatoms. The van der Waals surface area contributed by atoms with E-state index < -0.39 is 0 Å². The first-order valence-corrected chi connectivity index (χ1v) is 3.98. The first-order valence-electron chi connectivity index (χ1n) is 3.98. The molecule has 0 aliphatic heterocycles. The average molecular weight is 169 g/mol. The van der Waals surface area contributed by atoms with Gasteiger partial charge in [-0.3, -0.25) is 0 Å². The van der Waals surface area contributed by atoms with Gasteiger partial charge in [0.1, 0.15) is 6.61 Å². The van der Waals surface area contributed by atoms with Crippen molar-refractivity contribution in [1.29, 1.82) is 0 Å². The van der Waals surface area contributed by atoms with E-state index in [-0.39, 0.29) is 12.6 Å². The summed E-state index contributed by atoms with van der Waals surface area (Å²) in [4.78, 5) is 4.00. The van der Waals surface area contributed by atoms with Gasteiger partial charge in [-0.2, -0.15) is 4.98 Å². The summed E-state index contributed by atoms with van der Waals surface area (Å²) in [6, 6.07) is 0.277. The fourth-order valence-electron chi connectivity index (χ4n) is 1.36. The van der Waals surface area contributed by atoms with Crippen LogP contribution in [0.25, 0.3) is 0 Å². The molecule has 12 heavy (non-hydrogen) atoms. The molecule has 1 heterocycles. The minimum atomic E-state index is -0.164. The summed E-state index contributed by atoms with van der Waals surface area (Å²) in [5, 5.41) is 12.3. The molecule has 1 saturated carbocycles. The summed E-state index contributed by atoms with van der Waals surface area (Å²) in [5.41, 5.74) is 5.61. The number of aromatic nitrogens is 2. The van der Waals surface area contributed by atoms with E-state index in [1.165, 1.54) is 0 Å². The molecule has 1 aliphatic carbocycles. The lowest BCUT2D eigenvalue weighted by molar-refractivity contribution is 0.251. The molecule has 3 N–H and O–H groups in total. The van der Waals surface area contributed by atoms with Crippen molar-refractivity contribution in [3.05, 3.63) is 11.7 Å². The van der Waals surface area contributed by atoms with Crippen molar-refractivity contribution in [3.63, 3.8) is 0 Å². The maximum atomic E-state index is 8.67. The van der Waals surface area contributed by atoms with Gasteiger partial charge in [-0.05, 0) is 12.8 Å². The van der Waals surface area contributed by atoms with Crippen LogP contribution in [0.2, 0.25) is 0 Å². The molecule has 0 atom stereocenters. The molecule has 5 nitrogen and oxygen atoms in total. The third-order valence-corrected chi connectivity index (χ3v) is 2.15. The Labute approximate surface area is 69.6 Å². The summed E-state index contributed by atoms with van der Waals surface area (Å²) in [6.45, 7) is -0.164. The first-order chi connectivity index (χ1) is 5.79. The van der Waals surface area contributed by atoms with Gasteiger partial charge in [0.15, 0.2) is 5.82 Å². The number of nitrogens with zero attached hydrogens (tertiary/aromatic N) is 2.